The minimum Gasteiger partial charge on any atom is -0.310 e. The molecular weight excluding hydrogens is 729 g/mol. The lowest BCUT2D eigenvalue weighted by atomic mass is 10.00. The van der Waals surface area contributed by atoms with Crippen LogP contribution in [0.5, 0.6) is 0 Å². The fraction of sp³-hybridized carbons (Fsp3) is 0. The second kappa shape index (κ2) is 15.0. The topological polar surface area (TPSA) is 34.0 Å². The van der Waals surface area contributed by atoms with E-state index in [-0.39, 0.29) is 0 Å². The Kier molecular flexibility index (Phi) is 8.79. The molecule has 2 heterocycles. The zero-order valence-electron chi connectivity index (χ0n) is 32.7. The highest BCUT2D eigenvalue weighted by atomic mass is 15.2. The molecule has 0 saturated heterocycles. The molecule has 0 N–H and O–H groups in total. The molecule has 0 amide bonds. The minimum atomic E-state index is 0.650. The van der Waals surface area contributed by atoms with Crippen LogP contribution < -0.4 is 4.90 Å². The summed E-state index contributed by atoms with van der Waals surface area (Å²) < 4.78 is 2.22. The van der Waals surface area contributed by atoms with E-state index in [2.05, 4.69) is 228 Å². The molecule has 11 aromatic rings. The Morgan fingerprint density at radius 2 is 0.833 bits per heavy atom. The Balaban J connectivity index is 1.04. The van der Waals surface area contributed by atoms with Gasteiger partial charge in [0.1, 0.15) is 0 Å². The average Bonchev–Trinajstić information content (AvgIpc) is 3.66. The molecule has 0 fully saturated rings. The largest absolute Gasteiger partial charge is 0.310 e. The zero-order chi connectivity index (χ0) is 39.8. The third-order valence-electron chi connectivity index (χ3n) is 11.4. The molecule has 0 radical (unpaired) electrons. The average molecular weight is 767 g/mol. The van der Waals surface area contributed by atoms with E-state index >= 15 is 0 Å². The SMILES string of the molecule is c1ccc(-c2ccc(N(c3ccc(-c4ccc5c6ccccc6n(-c6nc(-c7ccccc7)c7ccccc7n6)c5c4)cc3)c3ccccc3-c3ccccc3)cc2)cc1. The van der Waals surface area contributed by atoms with Crippen LogP contribution >= 0.6 is 0 Å². The van der Waals surface area contributed by atoms with E-state index in [9.17, 15) is 0 Å². The summed E-state index contributed by atoms with van der Waals surface area (Å²) in [6.07, 6.45) is 0. The Hall–Kier alpha value is -8.08. The van der Waals surface area contributed by atoms with Gasteiger partial charge in [-0.3, -0.25) is 4.57 Å². The predicted octanol–water partition coefficient (Wildman–Crippen LogP) is 14.9. The molecule has 60 heavy (non-hydrogen) atoms. The van der Waals surface area contributed by atoms with Crippen LogP contribution in [0.15, 0.2) is 231 Å². The Labute approximate surface area is 348 Å². The molecule has 0 aliphatic carbocycles. The maximum atomic E-state index is 5.30. The second-order valence-electron chi connectivity index (χ2n) is 15.0. The van der Waals surface area contributed by atoms with E-state index in [0.29, 0.717) is 5.95 Å². The molecule has 0 spiro atoms. The summed E-state index contributed by atoms with van der Waals surface area (Å²) in [4.78, 5) is 12.9. The van der Waals surface area contributed by atoms with Gasteiger partial charge in [0.2, 0.25) is 5.95 Å². The quantitative estimate of drug-likeness (QED) is 0.154. The van der Waals surface area contributed by atoms with Crippen LogP contribution in [0.3, 0.4) is 0 Å². The number of aromatic nitrogens is 3. The first-order valence-electron chi connectivity index (χ1n) is 20.3. The lowest BCUT2D eigenvalue weighted by molar-refractivity contribution is 1.01. The van der Waals surface area contributed by atoms with E-state index in [1.54, 1.807) is 0 Å². The molecule has 0 atom stereocenters. The number of nitrogens with zero attached hydrogens (tertiary/aromatic N) is 4. The summed E-state index contributed by atoms with van der Waals surface area (Å²) in [5, 5.41) is 3.35. The lowest BCUT2D eigenvalue weighted by Crippen LogP contribution is -2.11. The van der Waals surface area contributed by atoms with E-state index < -0.39 is 0 Å². The molecular formula is C56H38N4. The highest BCUT2D eigenvalue weighted by Gasteiger charge is 2.20. The molecule has 282 valence electrons. The van der Waals surface area contributed by atoms with Gasteiger partial charge in [-0.25, -0.2) is 9.97 Å². The van der Waals surface area contributed by atoms with Crippen LogP contribution in [-0.2, 0) is 0 Å². The molecule has 4 heteroatoms. The number of hydrogen-bond acceptors (Lipinski definition) is 3. The fourth-order valence-electron chi connectivity index (χ4n) is 8.54. The molecule has 4 nitrogen and oxygen atoms in total. The number of hydrogen-bond donors (Lipinski definition) is 0. The van der Waals surface area contributed by atoms with Crippen LogP contribution in [0.2, 0.25) is 0 Å². The number of rotatable bonds is 8. The Morgan fingerprint density at radius 3 is 1.53 bits per heavy atom. The molecule has 0 aliphatic heterocycles. The van der Waals surface area contributed by atoms with Gasteiger partial charge < -0.3 is 4.90 Å². The van der Waals surface area contributed by atoms with Crippen molar-refractivity contribution in [3.05, 3.63) is 231 Å². The van der Waals surface area contributed by atoms with E-state index in [4.69, 9.17) is 9.97 Å². The van der Waals surface area contributed by atoms with Gasteiger partial charge >= 0.3 is 0 Å². The van der Waals surface area contributed by atoms with Crippen molar-refractivity contribution in [1.29, 1.82) is 0 Å². The van der Waals surface area contributed by atoms with Crippen molar-refractivity contribution in [1.82, 2.24) is 14.5 Å². The normalized spacial score (nSPS) is 11.3. The third-order valence-corrected chi connectivity index (χ3v) is 11.4. The highest BCUT2D eigenvalue weighted by Crippen LogP contribution is 2.42. The number of benzene rings is 9. The minimum absolute atomic E-state index is 0.650. The Morgan fingerprint density at radius 1 is 0.333 bits per heavy atom. The summed E-state index contributed by atoms with van der Waals surface area (Å²) in [6.45, 7) is 0. The molecule has 11 rings (SSSR count). The maximum absolute atomic E-state index is 5.30. The standard InChI is InChI=1S/C56H38N4/c1-4-16-39(17-5-1)40-28-33-45(34-29-40)59(52-26-14-11-22-47(52)42-18-6-2-7-19-42)46-35-30-41(31-36-46)44-32-37-49-48-23-12-15-27-53(48)60(54(49)38-44)56-57-51-25-13-10-24-50(51)55(58-56)43-20-8-3-9-21-43/h1-38H. The molecule has 0 unspecified atom stereocenters. The summed E-state index contributed by atoms with van der Waals surface area (Å²) >= 11 is 0. The van der Waals surface area contributed by atoms with Crippen molar-refractivity contribution in [2.75, 3.05) is 4.90 Å². The van der Waals surface area contributed by atoms with Gasteiger partial charge in [0.05, 0.1) is 27.9 Å². The van der Waals surface area contributed by atoms with Gasteiger partial charge in [-0.05, 0) is 76.3 Å². The van der Waals surface area contributed by atoms with E-state index in [0.717, 1.165) is 66.8 Å². The van der Waals surface area contributed by atoms with E-state index in [1.807, 2.05) is 12.1 Å². The number of anilines is 3. The van der Waals surface area contributed by atoms with Crippen LogP contribution in [0.1, 0.15) is 0 Å². The molecule has 0 aliphatic rings. The molecule has 0 bridgehead atoms. The van der Waals surface area contributed by atoms with Gasteiger partial charge in [0, 0.05) is 38.7 Å². The van der Waals surface area contributed by atoms with Gasteiger partial charge in [-0.2, -0.15) is 0 Å². The van der Waals surface area contributed by atoms with Crippen LogP contribution in [0.4, 0.5) is 17.1 Å². The van der Waals surface area contributed by atoms with Crippen molar-refractivity contribution in [2.45, 2.75) is 0 Å². The zero-order valence-corrected chi connectivity index (χ0v) is 32.7. The van der Waals surface area contributed by atoms with Gasteiger partial charge in [-0.1, -0.05) is 182 Å². The van der Waals surface area contributed by atoms with Crippen molar-refractivity contribution in [3.8, 4) is 50.6 Å². The number of fused-ring (bicyclic) bond motifs is 4. The highest BCUT2D eigenvalue weighted by molar-refractivity contribution is 6.10. The summed E-state index contributed by atoms with van der Waals surface area (Å²) in [7, 11) is 0. The summed E-state index contributed by atoms with van der Waals surface area (Å²) in [6, 6.07) is 81.7. The van der Waals surface area contributed by atoms with Crippen LogP contribution in [0, 0.1) is 0 Å². The van der Waals surface area contributed by atoms with Crippen molar-refractivity contribution < 1.29 is 0 Å². The predicted molar refractivity (Wildman–Crippen MR) is 250 cm³/mol. The maximum Gasteiger partial charge on any atom is 0.235 e. The van der Waals surface area contributed by atoms with E-state index in [1.165, 1.54) is 27.6 Å². The first-order valence-corrected chi connectivity index (χ1v) is 20.3. The third kappa shape index (κ3) is 6.28. The van der Waals surface area contributed by atoms with Crippen molar-refractivity contribution in [3.63, 3.8) is 0 Å². The van der Waals surface area contributed by atoms with Gasteiger partial charge in [-0.15, -0.1) is 0 Å². The summed E-state index contributed by atoms with van der Waals surface area (Å²) in [5.74, 6) is 0.650. The smallest absolute Gasteiger partial charge is 0.235 e. The first-order chi connectivity index (χ1) is 29.8. The molecule has 9 aromatic carbocycles. The van der Waals surface area contributed by atoms with Crippen molar-refractivity contribution in [2.24, 2.45) is 0 Å². The van der Waals surface area contributed by atoms with Gasteiger partial charge in [0.15, 0.2) is 0 Å². The molecule has 2 aromatic heterocycles. The monoisotopic (exact) mass is 766 g/mol. The van der Waals surface area contributed by atoms with Gasteiger partial charge in [0.25, 0.3) is 0 Å². The molecule has 0 saturated carbocycles. The number of para-hydroxylation sites is 3. The second-order valence-corrected chi connectivity index (χ2v) is 15.0. The summed E-state index contributed by atoms with van der Waals surface area (Å²) in [5.41, 5.74) is 15.2. The first kappa shape index (κ1) is 35.1. The van der Waals surface area contributed by atoms with Crippen LogP contribution in [0.25, 0.3) is 83.3 Å². The lowest BCUT2D eigenvalue weighted by Gasteiger charge is -2.28. The van der Waals surface area contributed by atoms with Crippen molar-refractivity contribution >= 4 is 49.8 Å². The van der Waals surface area contributed by atoms with Crippen LogP contribution in [-0.4, -0.2) is 14.5 Å². The Bertz CT molecular complexity index is 3280. The fourth-order valence-corrected chi connectivity index (χ4v) is 8.54.